The van der Waals surface area contributed by atoms with Gasteiger partial charge in [-0.2, -0.15) is 0 Å². The number of hydrogen-bond acceptors (Lipinski definition) is 3. The number of aliphatic imine (C=N–C) groups is 1. The third-order valence-corrected chi connectivity index (χ3v) is 5.68. The summed E-state index contributed by atoms with van der Waals surface area (Å²) < 4.78 is 11.0. The van der Waals surface area contributed by atoms with Gasteiger partial charge in [-0.1, -0.05) is 25.0 Å². The van der Waals surface area contributed by atoms with E-state index in [1.54, 1.807) is 7.11 Å². The maximum absolute atomic E-state index is 5.61. The molecule has 0 radical (unpaired) electrons. The molecule has 0 heterocycles. The maximum Gasteiger partial charge on any atom is 0.191 e. The summed E-state index contributed by atoms with van der Waals surface area (Å²) in [7, 11) is 3.56. The zero-order chi connectivity index (χ0) is 19.5. The van der Waals surface area contributed by atoms with Crippen molar-refractivity contribution < 1.29 is 9.47 Å². The molecule has 160 valence electrons. The molecule has 1 aliphatic carbocycles. The molecule has 0 spiro atoms. The van der Waals surface area contributed by atoms with Crippen LogP contribution in [0.3, 0.4) is 0 Å². The lowest BCUT2D eigenvalue weighted by atomic mass is 9.83. The summed E-state index contributed by atoms with van der Waals surface area (Å²) in [4.78, 5) is 4.39. The Morgan fingerprint density at radius 1 is 1.21 bits per heavy atom. The molecular formula is C22H38IN3O2. The van der Waals surface area contributed by atoms with Crippen LogP contribution in [0.1, 0.15) is 50.2 Å². The van der Waals surface area contributed by atoms with E-state index in [4.69, 9.17) is 9.47 Å². The fourth-order valence-corrected chi connectivity index (χ4v) is 3.91. The van der Waals surface area contributed by atoms with Crippen LogP contribution in [0.4, 0.5) is 0 Å². The predicted molar refractivity (Wildman–Crippen MR) is 128 cm³/mol. The molecule has 0 atom stereocenters. The van der Waals surface area contributed by atoms with E-state index in [2.05, 4.69) is 47.7 Å². The minimum absolute atomic E-state index is 0. The van der Waals surface area contributed by atoms with Crippen molar-refractivity contribution in [2.45, 2.75) is 52.4 Å². The van der Waals surface area contributed by atoms with Crippen LogP contribution >= 0.6 is 24.0 Å². The summed E-state index contributed by atoms with van der Waals surface area (Å²) >= 11 is 0. The molecule has 1 aromatic rings. The molecule has 1 aromatic carbocycles. The van der Waals surface area contributed by atoms with E-state index in [0.29, 0.717) is 5.41 Å². The number of halogens is 1. The van der Waals surface area contributed by atoms with Crippen molar-refractivity contribution in [3.63, 3.8) is 0 Å². The largest absolute Gasteiger partial charge is 0.496 e. The Balaban J connectivity index is 0.00000392. The van der Waals surface area contributed by atoms with Gasteiger partial charge in [-0.3, -0.25) is 4.99 Å². The molecule has 2 rings (SSSR count). The van der Waals surface area contributed by atoms with Crippen LogP contribution in [-0.4, -0.2) is 46.4 Å². The van der Waals surface area contributed by atoms with Gasteiger partial charge in [-0.05, 0) is 62.1 Å². The van der Waals surface area contributed by atoms with Crippen LogP contribution in [-0.2, 0) is 11.2 Å². The molecule has 28 heavy (non-hydrogen) atoms. The highest BCUT2D eigenvalue weighted by Crippen LogP contribution is 2.40. The van der Waals surface area contributed by atoms with Crippen molar-refractivity contribution in [1.29, 1.82) is 0 Å². The first-order valence-corrected chi connectivity index (χ1v) is 10.3. The Morgan fingerprint density at radius 2 is 1.96 bits per heavy atom. The Morgan fingerprint density at radius 3 is 2.61 bits per heavy atom. The molecule has 1 saturated carbocycles. The fraction of sp³-hybridized carbons (Fsp3) is 0.682. The number of nitrogens with zero attached hydrogens (tertiary/aromatic N) is 1. The first-order valence-electron chi connectivity index (χ1n) is 10.3. The normalized spacial score (nSPS) is 15.8. The van der Waals surface area contributed by atoms with Gasteiger partial charge in [-0.25, -0.2) is 0 Å². The summed E-state index contributed by atoms with van der Waals surface area (Å²) in [5, 5.41) is 7.00. The summed E-state index contributed by atoms with van der Waals surface area (Å²) in [6.07, 6.45) is 7.30. The zero-order valence-electron chi connectivity index (χ0n) is 18.0. The Hall–Kier alpha value is -1.02. The number of aryl methyl sites for hydroxylation is 1. The number of benzene rings is 1. The first-order chi connectivity index (χ1) is 13.1. The molecule has 1 fully saturated rings. The van der Waals surface area contributed by atoms with Crippen LogP contribution in [0.25, 0.3) is 0 Å². The van der Waals surface area contributed by atoms with Crippen molar-refractivity contribution in [3.05, 3.63) is 29.3 Å². The van der Waals surface area contributed by atoms with E-state index in [0.717, 1.165) is 50.9 Å². The van der Waals surface area contributed by atoms with E-state index in [-0.39, 0.29) is 24.0 Å². The van der Waals surface area contributed by atoms with E-state index in [9.17, 15) is 0 Å². The minimum Gasteiger partial charge on any atom is -0.496 e. The van der Waals surface area contributed by atoms with Gasteiger partial charge in [-0.15, -0.1) is 24.0 Å². The Labute approximate surface area is 188 Å². The number of nitrogens with one attached hydrogen (secondary N) is 2. The lowest BCUT2D eigenvalue weighted by Crippen LogP contribution is -2.44. The molecule has 0 bridgehead atoms. The topological polar surface area (TPSA) is 54.9 Å². The van der Waals surface area contributed by atoms with Gasteiger partial charge in [0.2, 0.25) is 0 Å². The smallest absolute Gasteiger partial charge is 0.191 e. The van der Waals surface area contributed by atoms with Gasteiger partial charge in [0.05, 0.1) is 7.11 Å². The van der Waals surface area contributed by atoms with Gasteiger partial charge >= 0.3 is 0 Å². The number of guanidine groups is 1. The maximum atomic E-state index is 5.61. The molecule has 5 nitrogen and oxygen atoms in total. The van der Waals surface area contributed by atoms with Crippen molar-refractivity contribution in [2.24, 2.45) is 10.4 Å². The number of methoxy groups -OCH3 is 1. The average molecular weight is 503 g/mol. The molecule has 0 amide bonds. The lowest BCUT2D eigenvalue weighted by Gasteiger charge is -2.30. The van der Waals surface area contributed by atoms with Crippen molar-refractivity contribution >= 4 is 29.9 Å². The fourth-order valence-electron chi connectivity index (χ4n) is 3.91. The lowest BCUT2D eigenvalue weighted by molar-refractivity contribution is 0.105. The molecule has 0 aliphatic heterocycles. The average Bonchev–Trinajstić information content (AvgIpc) is 3.15. The van der Waals surface area contributed by atoms with Gasteiger partial charge in [0.25, 0.3) is 0 Å². The van der Waals surface area contributed by atoms with Crippen molar-refractivity contribution in [3.8, 4) is 5.75 Å². The number of hydrogen-bond donors (Lipinski definition) is 2. The molecule has 0 saturated heterocycles. The minimum atomic E-state index is 0. The molecule has 0 aromatic heterocycles. The second-order valence-corrected chi connectivity index (χ2v) is 7.56. The Kier molecular flexibility index (Phi) is 11.8. The summed E-state index contributed by atoms with van der Waals surface area (Å²) in [6.45, 7) is 7.61. The predicted octanol–water partition coefficient (Wildman–Crippen LogP) is 4.32. The second-order valence-electron chi connectivity index (χ2n) is 7.56. The summed E-state index contributed by atoms with van der Waals surface area (Å²) in [5.41, 5.74) is 2.79. The summed E-state index contributed by atoms with van der Waals surface area (Å²) in [5.74, 6) is 1.84. The number of rotatable bonds is 10. The molecule has 1 aliphatic rings. The first kappa shape index (κ1) is 25.0. The molecular weight excluding hydrogens is 465 g/mol. The van der Waals surface area contributed by atoms with E-state index in [1.165, 1.54) is 36.8 Å². The highest BCUT2D eigenvalue weighted by molar-refractivity contribution is 14.0. The van der Waals surface area contributed by atoms with Crippen molar-refractivity contribution in [2.75, 3.05) is 40.5 Å². The van der Waals surface area contributed by atoms with Gasteiger partial charge < -0.3 is 20.1 Å². The van der Waals surface area contributed by atoms with Crippen LogP contribution < -0.4 is 15.4 Å². The number of ether oxygens (including phenoxy) is 2. The molecule has 6 heteroatoms. The van der Waals surface area contributed by atoms with Crippen LogP contribution in [0, 0.1) is 12.3 Å². The Bertz CT molecular complexity index is 601. The SMILES string of the molecule is CCOCCC1(CNC(=NC)NCCc2ccc(C)c(OC)c2)CCCC1.I. The molecule has 2 N–H and O–H groups in total. The standard InChI is InChI=1S/C22H37N3O2.HI/c1-5-27-15-13-22(11-6-7-12-22)17-25-21(23-3)24-14-10-19-9-8-18(2)20(16-19)26-4;/h8-9,16H,5-7,10-15,17H2,1-4H3,(H2,23,24,25);1H. The van der Waals surface area contributed by atoms with Crippen LogP contribution in [0.15, 0.2) is 23.2 Å². The van der Waals surface area contributed by atoms with Crippen LogP contribution in [0.5, 0.6) is 5.75 Å². The third-order valence-electron chi connectivity index (χ3n) is 5.68. The van der Waals surface area contributed by atoms with Gasteiger partial charge in [0.1, 0.15) is 5.75 Å². The van der Waals surface area contributed by atoms with E-state index in [1.807, 2.05) is 7.05 Å². The quantitative estimate of drug-likeness (QED) is 0.216. The monoisotopic (exact) mass is 503 g/mol. The third kappa shape index (κ3) is 7.78. The molecule has 0 unspecified atom stereocenters. The van der Waals surface area contributed by atoms with Gasteiger partial charge in [0, 0.05) is 33.4 Å². The van der Waals surface area contributed by atoms with E-state index >= 15 is 0 Å². The highest BCUT2D eigenvalue weighted by Gasteiger charge is 2.33. The van der Waals surface area contributed by atoms with E-state index < -0.39 is 0 Å². The highest BCUT2D eigenvalue weighted by atomic mass is 127. The summed E-state index contributed by atoms with van der Waals surface area (Å²) in [6, 6.07) is 6.40. The van der Waals surface area contributed by atoms with Crippen molar-refractivity contribution in [1.82, 2.24) is 10.6 Å². The van der Waals surface area contributed by atoms with Crippen LogP contribution in [0.2, 0.25) is 0 Å². The zero-order valence-corrected chi connectivity index (χ0v) is 20.3. The second kappa shape index (κ2) is 13.2. The van der Waals surface area contributed by atoms with Gasteiger partial charge in [0.15, 0.2) is 5.96 Å².